The number of primary sulfonamides is 1. The van der Waals surface area contributed by atoms with Crippen LogP contribution in [0.15, 0.2) is 6.07 Å². The number of esters is 1. The molecule has 1 rings (SSSR count). The van der Waals surface area contributed by atoms with Crippen molar-refractivity contribution >= 4 is 21.8 Å². The third-order valence-corrected chi connectivity index (χ3v) is 2.69. The fraction of sp³-hybridized carbons (Fsp3) is 0.444. The molecule has 0 bridgehead atoms. The third kappa shape index (κ3) is 4.63. The first kappa shape index (κ1) is 14.3. The van der Waals surface area contributed by atoms with Gasteiger partial charge < -0.3 is 10.1 Å². The van der Waals surface area contributed by atoms with Gasteiger partial charge in [-0.15, -0.1) is 0 Å². The van der Waals surface area contributed by atoms with Crippen LogP contribution in [0.4, 0.5) is 5.82 Å². The predicted octanol–water partition coefficient (Wildman–Crippen LogP) is -0.728. The van der Waals surface area contributed by atoms with Gasteiger partial charge in [0.05, 0.1) is 12.9 Å². The van der Waals surface area contributed by atoms with Gasteiger partial charge >= 0.3 is 5.97 Å². The second-order valence-electron chi connectivity index (χ2n) is 3.50. The summed E-state index contributed by atoms with van der Waals surface area (Å²) in [6.07, 6.45) is 0. The Balaban J connectivity index is 2.77. The number of anilines is 1. The number of carbonyl (C=O) groups excluding carboxylic acids is 1. The van der Waals surface area contributed by atoms with Crippen molar-refractivity contribution in [3.8, 4) is 0 Å². The molecule has 0 aliphatic carbocycles. The molecule has 1 aromatic rings. The maximum Gasteiger partial charge on any atom is 0.376 e. The molecule has 3 N–H and O–H groups in total. The van der Waals surface area contributed by atoms with Gasteiger partial charge in [-0.2, -0.15) is 0 Å². The molecule has 0 aromatic carbocycles. The first-order valence-electron chi connectivity index (χ1n) is 5.00. The van der Waals surface area contributed by atoms with Gasteiger partial charge in [0.2, 0.25) is 15.8 Å². The Morgan fingerprint density at radius 2 is 2.17 bits per heavy atom. The van der Waals surface area contributed by atoms with Crippen LogP contribution in [0.25, 0.3) is 0 Å². The number of methoxy groups -OCH3 is 1. The molecule has 0 radical (unpaired) electrons. The van der Waals surface area contributed by atoms with Crippen LogP contribution >= 0.6 is 0 Å². The Bertz CT molecular complexity index is 543. The van der Waals surface area contributed by atoms with Crippen molar-refractivity contribution in [2.75, 3.05) is 24.7 Å². The topological polar surface area (TPSA) is 124 Å². The molecule has 1 aromatic heterocycles. The third-order valence-electron chi connectivity index (χ3n) is 1.91. The lowest BCUT2D eigenvalue weighted by atomic mass is 10.4. The molecule has 0 amide bonds. The van der Waals surface area contributed by atoms with Crippen LogP contribution in [0, 0.1) is 6.92 Å². The number of carbonyl (C=O) groups is 1. The maximum atomic E-state index is 11.3. The number of nitrogens with one attached hydrogen (secondary N) is 1. The van der Waals surface area contributed by atoms with Gasteiger partial charge in [-0.1, -0.05) is 0 Å². The highest BCUT2D eigenvalue weighted by molar-refractivity contribution is 7.89. The molecule has 9 heteroatoms. The number of hydrogen-bond acceptors (Lipinski definition) is 7. The summed E-state index contributed by atoms with van der Waals surface area (Å²) in [7, 11) is -2.31. The van der Waals surface area contributed by atoms with Crippen molar-refractivity contribution in [2.45, 2.75) is 6.92 Å². The van der Waals surface area contributed by atoms with Crippen LogP contribution in [-0.4, -0.2) is 43.8 Å². The van der Waals surface area contributed by atoms with Crippen molar-refractivity contribution < 1.29 is 17.9 Å². The van der Waals surface area contributed by atoms with Crippen molar-refractivity contribution in [1.82, 2.24) is 9.97 Å². The van der Waals surface area contributed by atoms with Crippen LogP contribution < -0.4 is 10.5 Å². The van der Waals surface area contributed by atoms with E-state index in [1.807, 2.05) is 0 Å². The summed E-state index contributed by atoms with van der Waals surface area (Å²) in [4.78, 5) is 19.0. The number of hydrogen-bond donors (Lipinski definition) is 2. The van der Waals surface area contributed by atoms with E-state index in [2.05, 4.69) is 20.0 Å². The highest BCUT2D eigenvalue weighted by atomic mass is 32.2. The van der Waals surface area contributed by atoms with E-state index in [1.165, 1.54) is 7.11 Å². The largest absolute Gasteiger partial charge is 0.463 e. The van der Waals surface area contributed by atoms with Crippen molar-refractivity contribution in [3.63, 3.8) is 0 Å². The summed E-state index contributed by atoms with van der Waals surface area (Å²) in [6, 6.07) is 1.58. The molecule has 0 unspecified atom stereocenters. The highest BCUT2D eigenvalue weighted by Crippen LogP contribution is 2.06. The molecule has 0 fully saturated rings. The highest BCUT2D eigenvalue weighted by Gasteiger charge is 2.11. The number of nitrogens with two attached hydrogens (primary N) is 1. The van der Waals surface area contributed by atoms with E-state index >= 15 is 0 Å². The van der Waals surface area contributed by atoms with Crippen molar-refractivity contribution in [3.05, 3.63) is 17.6 Å². The van der Waals surface area contributed by atoms with E-state index in [-0.39, 0.29) is 18.1 Å². The zero-order chi connectivity index (χ0) is 13.8. The SMILES string of the molecule is COC(=O)c1nc(C)cc(NCCS(N)(=O)=O)n1. The number of ether oxygens (including phenoxy) is 1. The molecular weight excluding hydrogens is 260 g/mol. The quantitative estimate of drug-likeness (QED) is 0.678. The van der Waals surface area contributed by atoms with Crippen LogP contribution in [0.1, 0.15) is 16.3 Å². The number of sulfonamides is 1. The molecule has 8 nitrogen and oxygen atoms in total. The lowest BCUT2D eigenvalue weighted by Gasteiger charge is -2.06. The van der Waals surface area contributed by atoms with E-state index in [0.717, 1.165) is 0 Å². The summed E-state index contributed by atoms with van der Waals surface area (Å²) in [6.45, 7) is 1.77. The van der Waals surface area contributed by atoms with Crippen LogP contribution in [0.2, 0.25) is 0 Å². The van der Waals surface area contributed by atoms with Gasteiger partial charge in [0.25, 0.3) is 0 Å². The average molecular weight is 274 g/mol. The second-order valence-corrected chi connectivity index (χ2v) is 5.24. The lowest BCUT2D eigenvalue weighted by molar-refractivity contribution is 0.0586. The lowest BCUT2D eigenvalue weighted by Crippen LogP contribution is -2.23. The van der Waals surface area contributed by atoms with Gasteiger partial charge in [-0.05, 0) is 6.92 Å². The minimum atomic E-state index is -3.53. The standard InChI is InChI=1S/C9H14N4O4S/c1-6-5-7(11-3-4-18(10,15)16)13-8(12-6)9(14)17-2/h5H,3-4H2,1-2H3,(H2,10,15,16)(H,11,12,13). The van der Waals surface area contributed by atoms with Crippen molar-refractivity contribution in [2.24, 2.45) is 5.14 Å². The first-order chi connectivity index (χ1) is 8.31. The molecule has 0 saturated heterocycles. The Hall–Kier alpha value is -1.74. The summed E-state index contributed by atoms with van der Waals surface area (Å²) < 4.78 is 26.0. The smallest absolute Gasteiger partial charge is 0.376 e. The number of aryl methyl sites for hydroxylation is 1. The Morgan fingerprint density at radius 3 is 2.72 bits per heavy atom. The molecule has 0 spiro atoms. The van der Waals surface area contributed by atoms with Gasteiger partial charge in [0, 0.05) is 18.3 Å². The second kappa shape index (κ2) is 5.74. The van der Waals surface area contributed by atoms with Crippen LogP contribution in [-0.2, 0) is 14.8 Å². The van der Waals surface area contributed by atoms with E-state index in [4.69, 9.17) is 5.14 Å². The van der Waals surface area contributed by atoms with Gasteiger partial charge in [0.1, 0.15) is 5.82 Å². The Kier molecular flexibility index (Phi) is 4.56. The molecule has 100 valence electrons. The monoisotopic (exact) mass is 274 g/mol. The first-order valence-corrected chi connectivity index (χ1v) is 6.71. The number of rotatable bonds is 5. The van der Waals surface area contributed by atoms with E-state index in [0.29, 0.717) is 11.5 Å². The molecule has 0 aliphatic rings. The summed E-state index contributed by atoms with van der Waals surface area (Å²) in [5.74, 6) is -0.640. The predicted molar refractivity (Wildman–Crippen MR) is 64.6 cm³/mol. The molecule has 1 heterocycles. The van der Waals surface area contributed by atoms with E-state index < -0.39 is 16.0 Å². The van der Waals surface area contributed by atoms with E-state index in [9.17, 15) is 13.2 Å². The Morgan fingerprint density at radius 1 is 1.50 bits per heavy atom. The molecule has 0 atom stereocenters. The minimum Gasteiger partial charge on any atom is -0.463 e. The number of nitrogens with zero attached hydrogens (tertiary/aromatic N) is 2. The van der Waals surface area contributed by atoms with Gasteiger partial charge in [-0.25, -0.2) is 28.3 Å². The Labute approximate surface area is 105 Å². The van der Waals surface area contributed by atoms with Crippen LogP contribution in [0.3, 0.4) is 0 Å². The number of aromatic nitrogens is 2. The maximum absolute atomic E-state index is 11.3. The van der Waals surface area contributed by atoms with Gasteiger partial charge in [-0.3, -0.25) is 0 Å². The fourth-order valence-corrected chi connectivity index (χ4v) is 1.55. The minimum absolute atomic E-state index is 0.0874. The molecule has 18 heavy (non-hydrogen) atoms. The normalized spacial score (nSPS) is 11.1. The summed E-state index contributed by atoms with van der Waals surface area (Å²) in [5, 5.41) is 7.60. The van der Waals surface area contributed by atoms with Crippen molar-refractivity contribution in [1.29, 1.82) is 0 Å². The van der Waals surface area contributed by atoms with Gasteiger partial charge in [0.15, 0.2) is 0 Å². The molecule has 0 aliphatic heterocycles. The average Bonchev–Trinajstić information content (AvgIpc) is 2.25. The molecule has 0 saturated carbocycles. The summed E-state index contributed by atoms with van der Waals surface area (Å²) >= 11 is 0. The fourth-order valence-electron chi connectivity index (χ4n) is 1.16. The molecular formula is C9H14N4O4S. The van der Waals surface area contributed by atoms with Crippen LogP contribution in [0.5, 0.6) is 0 Å². The zero-order valence-electron chi connectivity index (χ0n) is 10.0. The van der Waals surface area contributed by atoms with E-state index in [1.54, 1.807) is 13.0 Å². The summed E-state index contributed by atoms with van der Waals surface area (Å²) in [5.41, 5.74) is 0.559. The zero-order valence-corrected chi connectivity index (χ0v) is 10.8.